The maximum Gasteiger partial charge on any atom is 0.291 e. The van der Waals surface area contributed by atoms with Crippen LogP contribution in [0.2, 0.25) is 0 Å². The van der Waals surface area contributed by atoms with E-state index in [1.807, 2.05) is 36.4 Å². The highest BCUT2D eigenvalue weighted by atomic mass is 32.1. The topological polar surface area (TPSA) is 68.0 Å². The molecule has 0 atom stereocenters. The molecule has 4 aromatic rings. The average molecular weight is 295 g/mol. The first-order valence-corrected chi connectivity index (χ1v) is 7.05. The number of furan rings is 1. The molecule has 0 saturated carbocycles. The van der Waals surface area contributed by atoms with E-state index in [1.165, 1.54) is 0 Å². The van der Waals surface area contributed by atoms with E-state index >= 15 is 0 Å². The van der Waals surface area contributed by atoms with Crippen molar-refractivity contribution in [2.45, 2.75) is 0 Å². The van der Waals surface area contributed by atoms with Gasteiger partial charge in [0.25, 0.3) is 5.91 Å². The minimum Gasteiger partial charge on any atom is -0.451 e. The molecule has 102 valence electrons. The molecule has 2 aromatic heterocycles. The fraction of sp³-hybridized carbons (Fsp3) is 0. The third kappa shape index (κ3) is 2.05. The predicted octanol–water partition coefficient (Wildman–Crippen LogP) is 3.69. The highest BCUT2D eigenvalue weighted by Crippen LogP contribution is 2.23. The summed E-state index contributed by atoms with van der Waals surface area (Å²) in [5.41, 5.74) is 2.78. The minimum absolute atomic E-state index is 0.274. The Morgan fingerprint density at radius 1 is 1.10 bits per heavy atom. The number of rotatable bonds is 2. The lowest BCUT2D eigenvalue weighted by Crippen LogP contribution is -2.11. The summed E-state index contributed by atoms with van der Waals surface area (Å²) >= 11 is 1.12. The van der Waals surface area contributed by atoms with Crippen LogP contribution in [0.5, 0.6) is 0 Å². The third-order valence-electron chi connectivity index (χ3n) is 3.18. The fourth-order valence-corrected chi connectivity index (χ4v) is 2.73. The Morgan fingerprint density at radius 3 is 2.90 bits per heavy atom. The molecular weight excluding hydrogens is 286 g/mol. The van der Waals surface area contributed by atoms with E-state index in [9.17, 15) is 4.79 Å². The monoisotopic (exact) mass is 295 g/mol. The van der Waals surface area contributed by atoms with Crippen LogP contribution in [0, 0.1) is 0 Å². The van der Waals surface area contributed by atoms with Gasteiger partial charge in [-0.25, -0.2) is 0 Å². The van der Waals surface area contributed by atoms with E-state index in [0.29, 0.717) is 16.8 Å². The Kier molecular flexibility index (Phi) is 2.68. The maximum absolute atomic E-state index is 12.3. The van der Waals surface area contributed by atoms with Gasteiger partial charge in [0.2, 0.25) is 0 Å². The molecule has 0 fully saturated rings. The molecular formula is C15H9N3O2S. The highest BCUT2D eigenvalue weighted by Gasteiger charge is 2.14. The minimum atomic E-state index is -0.299. The third-order valence-corrected chi connectivity index (χ3v) is 3.73. The van der Waals surface area contributed by atoms with E-state index in [4.69, 9.17) is 4.42 Å². The summed E-state index contributed by atoms with van der Waals surface area (Å²) in [6.45, 7) is 0. The van der Waals surface area contributed by atoms with Gasteiger partial charge in [-0.15, -0.1) is 0 Å². The van der Waals surface area contributed by atoms with Crippen LogP contribution in [-0.2, 0) is 0 Å². The van der Waals surface area contributed by atoms with Gasteiger partial charge in [0.1, 0.15) is 16.6 Å². The van der Waals surface area contributed by atoms with Crippen LogP contribution >= 0.6 is 11.7 Å². The molecule has 1 amide bonds. The predicted molar refractivity (Wildman–Crippen MR) is 81.6 cm³/mol. The van der Waals surface area contributed by atoms with E-state index in [0.717, 1.165) is 22.6 Å². The summed E-state index contributed by atoms with van der Waals surface area (Å²) in [7, 11) is 0. The van der Waals surface area contributed by atoms with Crippen molar-refractivity contribution in [2.24, 2.45) is 0 Å². The molecule has 2 aromatic carbocycles. The summed E-state index contributed by atoms with van der Waals surface area (Å²) in [4.78, 5) is 12.3. The number of nitrogens with zero attached hydrogens (tertiary/aromatic N) is 2. The average Bonchev–Trinajstić information content (AvgIpc) is 3.14. The second-order valence-electron chi connectivity index (χ2n) is 4.54. The molecule has 0 radical (unpaired) electrons. The van der Waals surface area contributed by atoms with Gasteiger partial charge < -0.3 is 9.73 Å². The van der Waals surface area contributed by atoms with Crippen LogP contribution < -0.4 is 5.32 Å². The molecule has 1 N–H and O–H groups in total. The Labute approximate surface area is 123 Å². The molecule has 0 spiro atoms. The second-order valence-corrected chi connectivity index (χ2v) is 5.07. The maximum atomic E-state index is 12.3. The summed E-state index contributed by atoms with van der Waals surface area (Å²) in [6, 6.07) is 14.7. The number of nitrogens with one attached hydrogen (secondary N) is 1. The van der Waals surface area contributed by atoms with Crippen molar-refractivity contribution in [2.75, 3.05) is 5.32 Å². The van der Waals surface area contributed by atoms with Crippen molar-refractivity contribution in [1.29, 1.82) is 0 Å². The SMILES string of the molecule is O=C(Nc1cccc2nsnc12)c1cc2ccccc2o1. The molecule has 21 heavy (non-hydrogen) atoms. The lowest BCUT2D eigenvalue weighted by atomic mass is 10.2. The number of hydrogen-bond acceptors (Lipinski definition) is 5. The van der Waals surface area contributed by atoms with Gasteiger partial charge >= 0.3 is 0 Å². The Bertz CT molecular complexity index is 925. The molecule has 5 nitrogen and oxygen atoms in total. The number of anilines is 1. The normalized spacial score (nSPS) is 11.0. The van der Waals surface area contributed by atoms with Crippen molar-refractivity contribution >= 4 is 45.3 Å². The number of amides is 1. The second kappa shape index (κ2) is 4.68. The van der Waals surface area contributed by atoms with Gasteiger partial charge in [-0.05, 0) is 24.3 Å². The van der Waals surface area contributed by atoms with Gasteiger partial charge in [0.05, 0.1) is 17.4 Å². The van der Waals surface area contributed by atoms with Crippen LogP contribution in [0.25, 0.3) is 22.0 Å². The van der Waals surface area contributed by atoms with Crippen LogP contribution in [-0.4, -0.2) is 14.7 Å². The zero-order valence-electron chi connectivity index (χ0n) is 10.7. The summed E-state index contributed by atoms with van der Waals surface area (Å²) in [5, 5.41) is 3.72. The highest BCUT2D eigenvalue weighted by molar-refractivity contribution is 7.00. The molecule has 0 aliphatic rings. The van der Waals surface area contributed by atoms with E-state index in [1.54, 1.807) is 12.1 Å². The van der Waals surface area contributed by atoms with Gasteiger partial charge in [-0.3, -0.25) is 4.79 Å². The number of para-hydroxylation sites is 1. The van der Waals surface area contributed by atoms with E-state index in [-0.39, 0.29) is 11.7 Å². The molecule has 0 unspecified atom stereocenters. The lowest BCUT2D eigenvalue weighted by Gasteiger charge is -2.02. The first-order valence-electron chi connectivity index (χ1n) is 6.32. The van der Waals surface area contributed by atoms with Gasteiger partial charge in [0.15, 0.2) is 5.76 Å². The van der Waals surface area contributed by atoms with Crippen LogP contribution in [0.15, 0.2) is 52.9 Å². The number of aromatic nitrogens is 2. The fourth-order valence-electron chi connectivity index (χ4n) is 2.18. The quantitative estimate of drug-likeness (QED) is 0.612. The Balaban J connectivity index is 1.70. The van der Waals surface area contributed by atoms with Crippen molar-refractivity contribution in [3.8, 4) is 0 Å². The van der Waals surface area contributed by atoms with Crippen molar-refractivity contribution in [3.05, 3.63) is 54.3 Å². The zero-order valence-corrected chi connectivity index (χ0v) is 11.6. The standard InChI is InChI=1S/C15H9N3O2S/c19-15(13-8-9-4-1-2-7-12(9)20-13)16-10-5-3-6-11-14(10)18-21-17-11/h1-8H,(H,16,19). The number of carbonyl (C=O) groups excluding carboxylic acids is 1. The summed E-state index contributed by atoms with van der Waals surface area (Å²) < 4.78 is 13.9. The molecule has 4 rings (SSSR count). The van der Waals surface area contributed by atoms with Gasteiger partial charge in [-0.2, -0.15) is 8.75 Å². The van der Waals surface area contributed by atoms with Crippen molar-refractivity contribution in [3.63, 3.8) is 0 Å². The van der Waals surface area contributed by atoms with E-state index < -0.39 is 0 Å². The van der Waals surface area contributed by atoms with Crippen LogP contribution in [0.1, 0.15) is 10.6 Å². The molecule has 0 aliphatic carbocycles. The molecule has 0 aliphatic heterocycles. The number of benzene rings is 2. The van der Waals surface area contributed by atoms with Gasteiger partial charge in [0, 0.05) is 5.39 Å². The lowest BCUT2D eigenvalue weighted by molar-refractivity contribution is 0.0999. The van der Waals surface area contributed by atoms with Crippen LogP contribution in [0.3, 0.4) is 0 Å². The Morgan fingerprint density at radius 2 is 2.00 bits per heavy atom. The first kappa shape index (κ1) is 12.0. The first-order chi connectivity index (χ1) is 10.3. The Hall–Kier alpha value is -2.73. The largest absolute Gasteiger partial charge is 0.451 e. The smallest absolute Gasteiger partial charge is 0.291 e. The number of hydrogen-bond donors (Lipinski definition) is 1. The molecule has 2 heterocycles. The number of carbonyl (C=O) groups is 1. The van der Waals surface area contributed by atoms with Crippen molar-refractivity contribution < 1.29 is 9.21 Å². The number of fused-ring (bicyclic) bond motifs is 2. The van der Waals surface area contributed by atoms with E-state index in [2.05, 4.69) is 14.1 Å². The van der Waals surface area contributed by atoms with Crippen molar-refractivity contribution in [1.82, 2.24) is 8.75 Å². The summed E-state index contributed by atoms with van der Waals surface area (Å²) in [6.07, 6.45) is 0. The molecule has 6 heteroatoms. The zero-order chi connectivity index (χ0) is 14.2. The van der Waals surface area contributed by atoms with Crippen LogP contribution in [0.4, 0.5) is 5.69 Å². The van der Waals surface area contributed by atoms with Gasteiger partial charge in [-0.1, -0.05) is 24.3 Å². The molecule has 0 saturated heterocycles. The summed E-state index contributed by atoms with van der Waals surface area (Å²) in [5.74, 6) is -0.0249. The molecule has 0 bridgehead atoms.